The molecule has 1 atom stereocenters. The van der Waals surface area contributed by atoms with Crippen molar-refractivity contribution in [2.45, 2.75) is 19.0 Å². The average Bonchev–Trinajstić information content (AvgIpc) is 2.44. The molecule has 1 rings (SSSR count). The fourth-order valence-electron chi connectivity index (χ4n) is 0.419. The van der Waals surface area contributed by atoms with Crippen LogP contribution in [-0.2, 0) is 14.5 Å². The molecule has 0 radical (unpaired) electrons. The number of aliphatic hydroxyl groups is 1. The van der Waals surface area contributed by atoms with Crippen molar-refractivity contribution in [2.24, 2.45) is 0 Å². The van der Waals surface area contributed by atoms with Gasteiger partial charge in [-0.1, -0.05) is 0 Å². The number of aliphatic hydroxyl groups excluding tert-OH is 1. The molecule has 4 heteroatoms. The Morgan fingerprint density at radius 3 is 2.12 bits per heavy atom. The normalized spacial score (nSPS) is 27.4. The predicted molar refractivity (Wildman–Crippen MR) is 23.6 cm³/mol. The third kappa shape index (κ3) is 0.714. The van der Waals surface area contributed by atoms with Crippen LogP contribution < -0.4 is 0 Å². The summed E-state index contributed by atoms with van der Waals surface area (Å²) in [6, 6.07) is 0. The lowest BCUT2D eigenvalue weighted by atomic mass is 10.4. The minimum absolute atomic E-state index is 0.743. The molecule has 0 amide bonds. The lowest BCUT2D eigenvalue weighted by Crippen LogP contribution is -2.27. The molecule has 0 aromatic carbocycles. The van der Waals surface area contributed by atoms with E-state index in [0.717, 1.165) is 0 Å². The van der Waals surface area contributed by atoms with Crippen molar-refractivity contribution in [3.63, 3.8) is 0 Å². The molecule has 0 bridgehead atoms. The first-order chi connectivity index (χ1) is 3.71. The number of hydrogen-bond acceptors (Lipinski definition) is 4. The molecule has 1 unspecified atom stereocenters. The van der Waals surface area contributed by atoms with E-state index >= 15 is 0 Å². The van der Waals surface area contributed by atoms with E-state index in [2.05, 4.69) is 14.5 Å². The Labute approximate surface area is 46.9 Å². The molecule has 1 saturated heterocycles. The lowest BCUT2D eigenvalue weighted by Gasteiger charge is -2.05. The second kappa shape index (κ2) is 1.66. The highest BCUT2D eigenvalue weighted by Crippen LogP contribution is 2.33. The quantitative estimate of drug-likeness (QED) is 0.399. The second-order valence-corrected chi connectivity index (χ2v) is 1.65. The van der Waals surface area contributed by atoms with E-state index in [1.165, 1.54) is 14.0 Å². The van der Waals surface area contributed by atoms with Gasteiger partial charge >= 0.3 is 5.97 Å². The molecular formula is C4H8O4. The zero-order valence-electron chi connectivity index (χ0n) is 4.75. The van der Waals surface area contributed by atoms with Gasteiger partial charge in [-0.25, -0.2) is 0 Å². The predicted octanol–water partition coefficient (Wildman–Crippen LogP) is -0.371. The van der Waals surface area contributed by atoms with Crippen LogP contribution in [0.3, 0.4) is 0 Å². The number of hydrogen-bond donors (Lipinski definition) is 1. The van der Waals surface area contributed by atoms with Crippen molar-refractivity contribution in [1.82, 2.24) is 0 Å². The third-order valence-electron chi connectivity index (χ3n) is 1.04. The highest BCUT2D eigenvalue weighted by Gasteiger charge is 2.54. The standard InChI is InChI=1S/C4H8O4/c1-3(5)4(6-2)7-8-4/h3,5H,1-2H3. The smallest absolute Gasteiger partial charge is 0.365 e. The van der Waals surface area contributed by atoms with Crippen LogP contribution in [0.5, 0.6) is 0 Å². The first-order valence-corrected chi connectivity index (χ1v) is 2.31. The molecule has 4 nitrogen and oxygen atoms in total. The number of ether oxygens (including phenoxy) is 1. The molecule has 1 fully saturated rings. The average molecular weight is 120 g/mol. The minimum atomic E-state index is -1.15. The van der Waals surface area contributed by atoms with Crippen LogP contribution in [-0.4, -0.2) is 24.3 Å². The van der Waals surface area contributed by atoms with Gasteiger partial charge in [0.15, 0.2) is 0 Å². The zero-order chi connectivity index (χ0) is 6.20. The summed E-state index contributed by atoms with van der Waals surface area (Å²) >= 11 is 0. The van der Waals surface area contributed by atoms with E-state index in [9.17, 15) is 0 Å². The summed E-state index contributed by atoms with van der Waals surface area (Å²) in [5, 5.41) is 8.77. The van der Waals surface area contributed by atoms with Crippen LogP contribution in [0.1, 0.15) is 6.92 Å². The Morgan fingerprint density at radius 2 is 2.12 bits per heavy atom. The van der Waals surface area contributed by atoms with Crippen molar-refractivity contribution in [2.75, 3.05) is 7.11 Å². The van der Waals surface area contributed by atoms with Gasteiger partial charge in [0.1, 0.15) is 6.10 Å². The highest BCUT2D eigenvalue weighted by atomic mass is 17.5. The second-order valence-electron chi connectivity index (χ2n) is 1.65. The molecule has 1 aliphatic heterocycles. The van der Waals surface area contributed by atoms with Gasteiger partial charge in [0.05, 0.1) is 0 Å². The molecule has 0 aromatic rings. The van der Waals surface area contributed by atoms with Gasteiger partial charge in [-0.3, -0.25) is 0 Å². The van der Waals surface area contributed by atoms with Crippen molar-refractivity contribution >= 4 is 0 Å². The van der Waals surface area contributed by atoms with Crippen molar-refractivity contribution in [1.29, 1.82) is 0 Å². The van der Waals surface area contributed by atoms with E-state index in [0.29, 0.717) is 0 Å². The van der Waals surface area contributed by atoms with Crippen LogP contribution in [0, 0.1) is 0 Å². The Morgan fingerprint density at radius 1 is 1.62 bits per heavy atom. The lowest BCUT2D eigenvalue weighted by molar-refractivity contribution is -0.103. The molecule has 1 aliphatic rings. The third-order valence-corrected chi connectivity index (χ3v) is 1.04. The maximum Gasteiger partial charge on any atom is 0.365 e. The first-order valence-electron chi connectivity index (χ1n) is 2.31. The highest BCUT2D eigenvalue weighted by molar-refractivity contribution is 4.67. The van der Waals surface area contributed by atoms with Gasteiger partial charge in [0.2, 0.25) is 0 Å². The largest absolute Gasteiger partial charge is 0.385 e. The van der Waals surface area contributed by atoms with Gasteiger partial charge in [0.25, 0.3) is 0 Å². The van der Waals surface area contributed by atoms with E-state index in [1.807, 2.05) is 0 Å². The summed E-state index contributed by atoms with van der Waals surface area (Å²) in [7, 11) is 1.40. The summed E-state index contributed by atoms with van der Waals surface area (Å²) < 4.78 is 4.62. The summed E-state index contributed by atoms with van der Waals surface area (Å²) in [6.07, 6.45) is -0.743. The van der Waals surface area contributed by atoms with Gasteiger partial charge in [-0.15, -0.1) is 0 Å². The SMILES string of the molecule is COC1(C(C)O)OO1. The van der Waals surface area contributed by atoms with E-state index in [4.69, 9.17) is 5.11 Å². The molecule has 8 heavy (non-hydrogen) atoms. The molecule has 1 heterocycles. The van der Waals surface area contributed by atoms with E-state index in [-0.39, 0.29) is 0 Å². The topological polar surface area (TPSA) is 54.5 Å². The number of rotatable bonds is 2. The molecule has 0 aromatic heterocycles. The maximum atomic E-state index is 8.77. The molecule has 48 valence electrons. The molecule has 0 saturated carbocycles. The number of methoxy groups -OCH3 is 1. The monoisotopic (exact) mass is 120 g/mol. The van der Waals surface area contributed by atoms with Gasteiger partial charge < -0.3 is 9.84 Å². The van der Waals surface area contributed by atoms with Crippen LogP contribution in [0.15, 0.2) is 0 Å². The molecule has 0 aliphatic carbocycles. The summed E-state index contributed by atoms with van der Waals surface area (Å²) in [5.74, 6) is -1.15. The van der Waals surface area contributed by atoms with Crippen LogP contribution >= 0.6 is 0 Å². The minimum Gasteiger partial charge on any atom is -0.385 e. The fraction of sp³-hybridized carbons (Fsp3) is 1.00. The Hall–Kier alpha value is -0.160. The van der Waals surface area contributed by atoms with Gasteiger partial charge in [0, 0.05) is 7.11 Å². The van der Waals surface area contributed by atoms with Crippen LogP contribution in [0.4, 0.5) is 0 Å². The molecular weight excluding hydrogens is 112 g/mol. The molecule has 0 spiro atoms. The Bertz CT molecular complexity index is 86.0. The van der Waals surface area contributed by atoms with E-state index in [1.54, 1.807) is 0 Å². The zero-order valence-corrected chi connectivity index (χ0v) is 4.75. The summed E-state index contributed by atoms with van der Waals surface area (Å²) in [6.45, 7) is 1.52. The maximum absolute atomic E-state index is 8.77. The van der Waals surface area contributed by atoms with Crippen LogP contribution in [0.2, 0.25) is 0 Å². The fourth-order valence-corrected chi connectivity index (χ4v) is 0.419. The van der Waals surface area contributed by atoms with Gasteiger partial charge in [-0.05, 0) is 6.92 Å². The van der Waals surface area contributed by atoms with Crippen molar-refractivity contribution < 1.29 is 19.6 Å². The molecule has 1 N–H and O–H groups in total. The van der Waals surface area contributed by atoms with Crippen LogP contribution in [0.25, 0.3) is 0 Å². The van der Waals surface area contributed by atoms with Gasteiger partial charge in [-0.2, -0.15) is 9.78 Å². The van der Waals surface area contributed by atoms with Crippen molar-refractivity contribution in [3.05, 3.63) is 0 Å². The van der Waals surface area contributed by atoms with E-state index < -0.39 is 12.1 Å². The Balaban J connectivity index is 2.41. The Kier molecular flexibility index (Phi) is 1.24. The first kappa shape index (κ1) is 5.97. The summed E-state index contributed by atoms with van der Waals surface area (Å²) in [4.78, 5) is 8.67. The summed E-state index contributed by atoms with van der Waals surface area (Å²) in [5.41, 5.74) is 0. The van der Waals surface area contributed by atoms with Crippen molar-refractivity contribution in [3.8, 4) is 0 Å².